The van der Waals surface area contributed by atoms with E-state index in [0.717, 1.165) is 25.1 Å². The molecule has 0 bridgehead atoms. The van der Waals surface area contributed by atoms with E-state index in [1.165, 1.54) is 6.92 Å². The number of ketones is 1. The fourth-order valence-electron chi connectivity index (χ4n) is 1.96. The van der Waals surface area contributed by atoms with Crippen molar-refractivity contribution in [2.45, 2.75) is 26.7 Å². The summed E-state index contributed by atoms with van der Waals surface area (Å²) in [5.74, 6) is 0.523. The van der Waals surface area contributed by atoms with Gasteiger partial charge in [-0.15, -0.1) is 12.4 Å². The van der Waals surface area contributed by atoms with Crippen LogP contribution in [-0.4, -0.2) is 38.4 Å². The van der Waals surface area contributed by atoms with Gasteiger partial charge in [0.1, 0.15) is 5.75 Å². The monoisotopic (exact) mass is 328 g/mol. The highest BCUT2D eigenvalue weighted by Gasteiger charge is 2.11. The van der Waals surface area contributed by atoms with E-state index in [1.807, 2.05) is 0 Å². The zero-order chi connectivity index (χ0) is 15.7. The van der Waals surface area contributed by atoms with Gasteiger partial charge in [0.25, 0.3) is 0 Å². The van der Waals surface area contributed by atoms with E-state index in [9.17, 15) is 9.59 Å². The molecule has 6 heteroatoms. The maximum atomic E-state index is 11.9. The number of Topliss-reactive ketones (excluding diaryl/α,β-unsaturated/α-hetero) is 1. The van der Waals surface area contributed by atoms with Gasteiger partial charge in [0.2, 0.25) is 5.91 Å². The van der Waals surface area contributed by atoms with Gasteiger partial charge in [-0.25, -0.2) is 0 Å². The third-order valence-electron chi connectivity index (χ3n) is 3.09. The summed E-state index contributed by atoms with van der Waals surface area (Å²) in [5.41, 5.74) is 1.31. The number of amides is 1. The molecule has 0 radical (unpaired) electrons. The van der Waals surface area contributed by atoms with Crippen molar-refractivity contribution in [3.05, 3.63) is 29.3 Å². The Morgan fingerprint density at radius 3 is 2.50 bits per heavy atom. The van der Waals surface area contributed by atoms with Gasteiger partial charge in [0.05, 0.1) is 13.5 Å². The van der Waals surface area contributed by atoms with Gasteiger partial charge in [-0.3, -0.25) is 9.59 Å². The number of carbonyl (C=O) groups is 2. The van der Waals surface area contributed by atoms with Gasteiger partial charge in [0.15, 0.2) is 5.78 Å². The lowest BCUT2D eigenvalue weighted by Crippen LogP contribution is -2.33. The minimum Gasteiger partial charge on any atom is -0.496 e. The number of rotatable bonds is 9. The molecular weight excluding hydrogens is 304 g/mol. The Hall–Kier alpha value is -1.59. The maximum absolute atomic E-state index is 11.9. The van der Waals surface area contributed by atoms with Crippen molar-refractivity contribution in [1.29, 1.82) is 0 Å². The van der Waals surface area contributed by atoms with Crippen LogP contribution in [0.15, 0.2) is 18.2 Å². The smallest absolute Gasteiger partial charge is 0.224 e. The van der Waals surface area contributed by atoms with Crippen LogP contribution in [0.4, 0.5) is 0 Å². The Balaban J connectivity index is 0.00000441. The van der Waals surface area contributed by atoms with E-state index in [2.05, 4.69) is 17.6 Å². The molecule has 0 aliphatic heterocycles. The molecule has 1 rings (SSSR count). The molecule has 1 aromatic carbocycles. The Morgan fingerprint density at radius 2 is 1.91 bits per heavy atom. The van der Waals surface area contributed by atoms with Crippen LogP contribution in [0.2, 0.25) is 0 Å². The first-order valence-corrected chi connectivity index (χ1v) is 7.23. The van der Waals surface area contributed by atoms with Gasteiger partial charge < -0.3 is 15.4 Å². The second-order valence-corrected chi connectivity index (χ2v) is 4.86. The first kappa shape index (κ1) is 20.4. The highest BCUT2D eigenvalue weighted by atomic mass is 35.5. The van der Waals surface area contributed by atoms with Crippen molar-refractivity contribution in [2.75, 3.05) is 26.7 Å². The van der Waals surface area contributed by atoms with E-state index in [-0.39, 0.29) is 30.5 Å². The van der Waals surface area contributed by atoms with Crippen molar-refractivity contribution < 1.29 is 14.3 Å². The molecule has 0 aliphatic carbocycles. The number of carbonyl (C=O) groups excluding carboxylic acids is 2. The van der Waals surface area contributed by atoms with Crippen molar-refractivity contribution in [3.63, 3.8) is 0 Å². The fourth-order valence-corrected chi connectivity index (χ4v) is 1.96. The zero-order valence-corrected chi connectivity index (χ0v) is 14.2. The van der Waals surface area contributed by atoms with E-state index in [4.69, 9.17) is 4.74 Å². The van der Waals surface area contributed by atoms with Gasteiger partial charge in [0, 0.05) is 24.2 Å². The topological polar surface area (TPSA) is 67.4 Å². The highest BCUT2D eigenvalue weighted by molar-refractivity contribution is 5.94. The molecule has 22 heavy (non-hydrogen) atoms. The van der Waals surface area contributed by atoms with Crippen LogP contribution >= 0.6 is 12.4 Å². The molecule has 1 aromatic rings. The first-order chi connectivity index (χ1) is 10.1. The average molecular weight is 329 g/mol. The Labute approximate surface area is 138 Å². The molecule has 0 spiro atoms. The van der Waals surface area contributed by atoms with Gasteiger partial charge >= 0.3 is 0 Å². The van der Waals surface area contributed by atoms with Crippen LogP contribution in [0.25, 0.3) is 0 Å². The lowest BCUT2D eigenvalue weighted by Gasteiger charge is -2.10. The number of benzene rings is 1. The molecule has 0 aliphatic rings. The predicted molar refractivity (Wildman–Crippen MR) is 90.1 cm³/mol. The number of ether oxygens (including phenoxy) is 1. The van der Waals surface area contributed by atoms with Crippen LogP contribution in [0.1, 0.15) is 36.2 Å². The molecule has 0 saturated carbocycles. The first-order valence-electron chi connectivity index (χ1n) is 7.23. The molecule has 0 unspecified atom stereocenters. The third-order valence-corrected chi connectivity index (χ3v) is 3.09. The molecule has 0 heterocycles. The Kier molecular flexibility index (Phi) is 10.2. The minimum atomic E-state index is -0.0766. The van der Waals surface area contributed by atoms with Crippen molar-refractivity contribution >= 4 is 24.1 Å². The van der Waals surface area contributed by atoms with E-state index in [1.54, 1.807) is 25.3 Å². The summed E-state index contributed by atoms with van der Waals surface area (Å²) in [6.07, 6.45) is 1.28. The fraction of sp³-hybridized carbons (Fsp3) is 0.500. The number of hydrogen-bond acceptors (Lipinski definition) is 4. The summed E-state index contributed by atoms with van der Waals surface area (Å²) in [4.78, 5) is 23.3. The van der Waals surface area contributed by atoms with Gasteiger partial charge in [-0.05, 0) is 38.1 Å². The lowest BCUT2D eigenvalue weighted by molar-refractivity contribution is -0.120. The maximum Gasteiger partial charge on any atom is 0.224 e. The molecule has 0 fully saturated rings. The second kappa shape index (κ2) is 11.0. The molecule has 124 valence electrons. The van der Waals surface area contributed by atoms with Crippen molar-refractivity contribution in [2.24, 2.45) is 0 Å². The van der Waals surface area contributed by atoms with E-state index >= 15 is 0 Å². The third kappa shape index (κ3) is 6.91. The SMILES string of the molecule is CCCNCCNC(=O)Cc1cc(C(C)=O)ccc1OC.Cl. The average Bonchev–Trinajstić information content (AvgIpc) is 2.46. The number of nitrogens with one attached hydrogen (secondary N) is 2. The Bertz CT molecular complexity index is 492. The van der Waals surface area contributed by atoms with Crippen LogP contribution in [0.3, 0.4) is 0 Å². The molecule has 2 N–H and O–H groups in total. The predicted octanol–water partition coefficient (Wildman–Crippen LogP) is 1.98. The normalized spacial score (nSPS) is 9.77. The molecule has 1 amide bonds. The number of halogens is 1. The summed E-state index contributed by atoms with van der Waals surface area (Å²) >= 11 is 0. The number of hydrogen-bond donors (Lipinski definition) is 2. The summed E-state index contributed by atoms with van der Waals surface area (Å²) in [6, 6.07) is 5.15. The summed E-state index contributed by atoms with van der Waals surface area (Å²) in [5, 5.41) is 6.06. The standard InChI is InChI=1S/C16H24N2O3.ClH/c1-4-7-17-8-9-18-16(20)11-14-10-13(12(2)19)5-6-15(14)21-3;/h5-6,10,17H,4,7-9,11H2,1-3H3,(H,18,20);1H. The minimum absolute atomic E-state index is 0. The lowest BCUT2D eigenvalue weighted by atomic mass is 10.0. The largest absolute Gasteiger partial charge is 0.496 e. The van der Waals surface area contributed by atoms with Crippen LogP contribution in [0.5, 0.6) is 5.75 Å². The second-order valence-electron chi connectivity index (χ2n) is 4.86. The molecule has 0 atom stereocenters. The molecule has 5 nitrogen and oxygen atoms in total. The van der Waals surface area contributed by atoms with Crippen molar-refractivity contribution in [1.82, 2.24) is 10.6 Å². The molecule has 0 saturated heterocycles. The van der Waals surface area contributed by atoms with Crippen LogP contribution < -0.4 is 15.4 Å². The van der Waals surface area contributed by atoms with Crippen LogP contribution in [0, 0.1) is 0 Å². The summed E-state index contributed by atoms with van der Waals surface area (Å²) in [6.45, 7) is 5.90. The van der Waals surface area contributed by atoms with Gasteiger partial charge in [-0.1, -0.05) is 6.92 Å². The molecule has 0 aromatic heterocycles. The van der Waals surface area contributed by atoms with E-state index in [0.29, 0.717) is 17.9 Å². The summed E-state index contributed by atoms with van der Waals surface area (Å²) < 4.78 is 5.23. The Morgan fingerprint density at radius 1 is 1.18 bits per heavy atom. The highest BCUT2D eigenvalue weighted by Crippen LogP contribution is 2.20. The molecular formula is C16H25ClN2O3. The van der Waals surface area contributed by atoms with Crippen LogP contribution in [-0.2, 0) is 11.2 Å². The number of methoxy groups -OCH3 is 1. The van der Waals surface area contributed by atoms with Gasteiger partial charge in [-0.2, -0.15) is 0 Å². The van der Waals surface area contributed by atoms with E-state index < -0.39 is 0 Å². The zero-order valence-electron chi connectivity index (χ0n) is 13.4. The van der Waals surface area contributed by atoms with Crippen molar-refractivity contribution in [3.8, 4) is 5.75 Å². The quantitative estimate of drug-likeness (QED) is 0.537. The summed E-state index contributed by atoms with van der Waals surface area (Å²) in [7, 11) is 1.55.